The molecule has 9 heteroatoms. The maximum Gasteiger partial charge on any atom is 0.256 e. The molecule has 0 saturated carbocycles. The number of hydrogen-bond acceptors (Lipinski definition) is 6. The number of piperidine rings is 1. The van der Waals surface area contributed by atoms with Crippen molar-refractivity contribution in [2.24, 2.45) is 5.41 Å². The number of nitrogens with one attached hydrogen (secondary N) is 2. The first-order valence-electron chi connectivity index (χ1n) is 9.25. The number of aliphatic hydroxyl groups excluding tert-OH is 2. The molecule has 2 saturated heterocycles. The highest BCUT2D eigenvalue weighted by Gasteiger charge is 2.46. The summed E-state index contributed by atoms with van der Waals surface area (Å²) in [7, 11) is 1.44. The van der Waals surface area contributed by atoms with Crippen molar-refractivity contribution < 1.29 is 29.3 Å². The van der Waals surface area contributed by atoms with Gasteiger partial charge in [-0.15, -0.1) is 0 Å². The monoisotopic (exact) mass is 391 g/mol. The fourth-order valence-corrected chi connectivity index (χ4v) is 3.77. The van der Waals surface area contributed by atoms with Crippen molar-refractivity contribution in [3.8, 4) is 5.75 Å². The maximum absolute atomic E-state index is 12.5. The summed E-state index contributed by atoms with van der Waals surface area (Å²) < 4.78 is 5.12. The van der Waals surface area contributed by atoms with Crippen molar-refractivity contribution in [1.82, 2.24) is 10.2 Å². The summed E-state index contributed by atoms with van der Waals surface area (Å²) in [5.41, 5.74) is -0.123. The number of ether oxygens (including phenoxy) is 1. The van der Waals surface area contributed by atoms with E-state index in [1.165, 1.54) is 12.0 Å². The summed E-state index contributed by atoms with van der Waals surface area (Å²) in [5, 5.41) is 25.6. The van der Waals surface area contributed by atoms with E-state index in [4.69, 9.17) is 4.74 Å². The predicted molar refractivity (Wildman–Crippen MR) is 99.5 cm³/mol. The van der Waals surface area contributed by atoms with Crippen molar-refractivity contribution in [2.45, 2.75) is 31.5 Å². The van der Waals surface area contributed by atoms with Gasteiger partial charge in [0.15, 0.2) is 12.2 Å². The average Bonchev–Trinajstić information content (AvgIpc) is 3.06. The number of amides is 3. The lowest BCUT2D eigenvalue weighted by Crippen LogP contribution is -2.53. The number of para-hydroxylation sites is 2. The third-order valence-electron chi connectivity index (χ3n) is 5.59. The maximum atomic E-state index is 12.5. The van der Waals surface area contributed by atoms with Crippen LogP contribution in [0.15, 0.2) is 24.3 Å². The van der Waals surface area contributed by atoms with Crippen LogP contribution in [0.5, 0.6) is 5.75 Å². The number of rotatable bonds is 5. The third kappa shape index (κ3) is 3.81. The molecule has 2 fully saturated rings. The summed E-state index contributed by atoms with van der Waals surface area (Å²) >= 11 is 0. The average molecular weight is 391 g/mol. The van der Waals surface area contributed by atoms with Crippen LogP contribution >= 0.6 is 0 Å². The van der Waals surface area contributed by atoms with Crippen molar-refractivity contribution in [3.63, 3.8) is 0 Å². The Morgan fingerprint density at radius 1 is 1.18 bits per heavy atom. The number of carbonyl (C=O) groups excluding carboxylic acids is 3. The lowest BCUT2D eigenvalue weighted by molar-refractivity contribution is -0.154. The molecule has 1 spiro atoms. The molecule has 2 heterocycles. The normalized spacial score (nSPS) is 20.4. The van der Waals surface area contributed by atoms with E-state index in [9.17, 15) is 24.6 Å². The fourth-order valence-electron chi connectivity index (χ4n) is 3.77. The molecule has 0 bridgehead atoms. The molecule has 4 N–H and O–H groups in total. The third-order valence-corrected chi connectivity index (χ3v) is 5.59. The molecule has 1 aromatic carbocycles. The molecule has 28 heavy (non-hydrogen) atoms. The van der Waals surface area contributed by atoms with Crippen LogP contribution < -0.4 is 15.4 Å². The van der Waals surface area contributed by atoms with Crippen molar-refractivity contribution in [3.05, 3.63) is 24.3 Å². The highest BCUT2D eigenvalue weighted by atomic mass is 16.5. The van der Waals surface area contributed by atoms with E-state index >= 15 is 0 Å². The van der Waals surface area contributed by atoms with Crippen LogP contribution in [0.3, 0.4) is 0 Å². The van der Waals surface area contributed by atoms with Gasteiger partial charge in [-0.1, -0.05) is 12.1 Å². The Kier molecular flexibility index (Phi) is 5.85. The molecule has 1 aromatic rings. The Hall–Kier alpha value is -2.65. The SMILES string of the molecule is COc1ccccc1NC(=O)[C@@H](O)[C@H](O)C(=O)N1CCC2(CCNC2=O)CC1. The van der Waals surface area contributed by atoms with Crippen LogP contribution in [-0.4, -0.2) is 71.8 Å². The smallest absolute Gasteiger partial charge is 0.256 e. The van der Waals surface area contributed by atoms with Gasteiger partial charge in [-0.2, -0.15) is 0 Å². The molecule has 2 aliphatic heterocycles. The molecular formula is C19H25N3O6. The quantitative estimate of drug-likeness (QED) is 0.535. The van der Waals surface area contributed by atoms with Gasteiger partial charge in [0.2, 0.25) is 5.91 Å². The molecule has 0 radical (unpaired) electrons. The number of benzene rings is 1. The number of methoxy groups -OCH3 is 1. The Morgan fingerprint density at radius 3 is 2.46 bits per heavy atom. The summed E-state index contributed by atoms with van der Waals surface area (Å²) in [5.74, 6) is -1.23. The van der Waals surface area contributed by atoms with Crippen LogP contribution in [0, 0.1) is 5.41 Å². The van der Waals surface area contributed by atoms with Gasteiger partial charge in [0, 0.05) is 19.6 Å². The number of aliphatic hydroxyl groups is 2. The lowest BCUT2D eigenvalue weighted by atomic mass is 9.77. The van der Waals surface area contributed by atoms with E-state index in [1.807, 2.05) is 0 Å². The first-order valence-corrected chi connectivity index (χ1v) is 9.25. The fraction of sp³-hybridized carbons (Fsp3) is 0.526. The van der Waals surface area contributed by atoms with Crippen molar-refractivity contribution in [1.29, 1.82) is 0 Å². The summed E-state index contributed by atoms with van der Waals surface area (Å²) in [6.45, 7) is 1.23. The zero-order valence-corrected chi connectivity index (χ0v) is 15.7. The largest absolute Gasteiger partial charge is 0.495 e. The van der Waals surface area contributed by atoms with Crippen LogP contribution in [0.25, 0.3) is 0 Å². The minimum absolute atomic E-state index is 0.0105. The number of likely N-dealkylation sites (tertiary alicyclic amines) is 1. The molecular weight excluding hydrogens is 366 g/mol. The standard InChI is InChI=1S/C19H25N3O6/c1-28-13-5-3-2-4-12(13)21-16(25)14(23)15(24)17(26)22-10-7-19(8-11-22)6-9-20-18(19)27/h2-5,14-15,23-24H,6-11H2,1H3,(H,20,27)(H,21,25)/t14-,15-/m0/s1. The van der Waals surface area contributed by atoms with Gasteiger partial charge in [-0.05, 0) is 31.4 Å². The van der Waals surface area contributed by atoms with E-state index in [0.29, 0.717) is 43.9 Å². The van der Waals surface area contributed by atoms with E-state index in [0.717, 1.165) is 6.42 Å². The van der Waals surface area contributed by atoms with Crippen LogP contribution in [-0.2, 0) is 14.4 Å². The molecule has 3 amide bonds. The van der Waals surface area contributed by atoms with Gasteiger partial charge in [0.05, 0.1) is 18.2 Å². The van der Waals surface area contributed by atoms with Gasteiger partial charge in [-0.25, -0.2) is 0 Å². The number of carbonyl (C=O) groups is 3. The molecule has 152 valence electrons. The second kappa shape index (κ2) is 8.15. The molecule has 2 aliphatic rings. The summed E-state index contributed by atoms with van der Waals surface area (Å²) in [6.07, 6.45) is -2.08. The van der Waals surface area contributed by atoms with Crippen LogP contribution in [0.2, 0.25) is 0 Å². The molecule has 0 unspecified atom stereocenters. The number of nitrogens with zero attached hydrogens (tertiary/aromatic N) is 1. The van der Waals surface area contributed by atoms with Crippen LogP contribution in [0.1, 0.15) is 19.3 Å². The van der Waals surface area contributed by atoms with Crippen molar-refractivity contribution in [2.75, 3.05) is 32.1 Å². The van der Waals surface area contributed by atoms with E-state index < -0.39 is 29.4 Å². The zero-order chi connectivity index (χ0) is 20.3. The predicted octanol–water partition coefficient (Wildman–Crippen LogP) is -0.516. The topological polar surface area (TPSA) is 128 Å². The van der Waals surface area contributed by atoms with E-state index in [-0.39, 0.29) is 5.91 Å². The highest BCUT2D eigenvalue weighted by Crippen LogP contribution is 2.38. The molecule has 9 nitrogen and oxygen atoms in total. The second-order valence-corrected chi connectivity index (χ2v) is 7.19. The molecule has 0 aromatic heterocycles. The number of hydrogen-bond donors (Lipinski definition) is 4. The Labute approximate surface area is 162 Å². The summed E-state index contributed by atoms with van der Waals surface area (Å²) in [4.78, 5) is 38.2. The van der Waals surface area contributed by atoms with Crippen molar-refractivity contribution >= 4 is 23.4 Å². The zero-order valence-electron chi connectivity index (χ0n) is 15.7. The minimum atomic E-state index is -1.93. The van der Waals surface area contributed by atoms with E-state index in [2.05, 4.69) is 10.6 Å². The van der Waals surface area contributed by atoms with Gasteiger partial charge in [0.25, 0.3) is 11.8 Å². The Morgan fingerprint density at radius 2 is 1.86 bits per heavy atom. The first kappa shape index (κ1) is 20.1. The molecule has 3 rings (SSSR count). The lowest BCUT2D eigenvalue weighted by Gasteiger charge is -2.38. The Balaban J connectivity index is 1.58. The molecule has 2 atom stereocenters. The van der Waals surface area contributed by atoms with Gasteiger partial charge in [-0.3, -0.25) is 14.4 Å². The van der Waals surface area contributed by atoms with E-state index in [1.54, 1.807) is 24.3 Å². The first-order chi connectivity index (χ1) is 13.4. The van der Waals surface area contributed by atoms with Crippen LogP contribution in [0.4, 0.5) is 5.69 Å². The van der Waals surface area contributed by atoms with Gasteiger partial charge in [0.1, 0.15) is 5.75 Å². The van der Waals surface area contributed by atoms with Gasteiger partial charge >= 0.3 is 0 Å². The summed E-state index contributed by atoms with van der Waals surface area (Å²) in [6, 6.07) is 6.60. The Bertz CT molecular complexity index is 760. The second-order valence-electron chi connectivity index (χ2n) is 7.19. The minimum Gasteiger partial charge on any atom is -0.495 e. The van der Waals surface area contributed by atoms with Gasteiger partial charge < -0.3 is 30.5 Å². The highest BCUT2D eigenvalue weighted by molar-refractivity contribution is 5.99. The molecule has 0 aliphatic carbocycles. The number of anilines is 1.